The quantitative estimate of drug-likeness (QED) is 0.704. The molecule has 3 nitrogen and oxygen atoms in total. The summed E-state index contributed by atoms with van der Waals surface area (Å²) in [7, 11) is 0. The van der Waals surface area contributed by atoms with Crippen LogP contribution in [0.25, 0.3) is 0 Å². The number of carbonyl (C=O) groups is 1. The summed E-state index contributed by atoms with van der Waals surface area (Å²) in [6, 6.07) is 12.1. The van der Waals surface area contributed by atoms with Crippen molar-refractivity contribution < 1.29 is 4.79 Å². The van der Waals surface area contributed by atoms with Crippen molar-refractivity contribution in [3.05, 3.63) is 35.9 Å². The average Bonchev–Trinajstić information content (AvgIpc) is 3.28. The van der Waals surface area contributed by atoms with Crippen LogP contribution in [0.1, 0.15) is 43.0 Å². The fraction of sp³-hybridized carbons (Fsp3) is 0.500. The van der Waals surface area contributed by atoms with E-state index in [4.69, 9.17) is 5.26 Å². The van der Waals surface area contributed by atoms with Gasteiger partial charge in [0.1, 0.15) is 0 Å². The molecule has 0 heterocycles. The van der Waals surface area contributed by atoms with Crippen molar-refractivity contribution in [2.24, 2.45) is 0 Å². The molecule has 0 aliphatic heterocycles. The number of ketones is 1. The Labute approximate surface area is 114 Å². The van der Waals surface area contributed by atoms with Gasteiger partial charge in [0.25, 0.3) is 0 Å². The number of Topliss-reactive ketones (excluding diaryl/α,β-unsaturated/α-hetero) is 1. The van der Waals surface area contributed by atoms with Crippen molar-refractivity contribution >= 4 is 5.78 Å². The SMILES string of the molecule is CCC(C(=O)c1ccccc1)N(CCC#N)C1CC1. The molecular formula is C16H20N2O. The molecule has 1 saturated carbocycles. The zero-order valence-electron chi connectivity index (χ0n) is 11.4. The highest BCUT2D eigenvalue weighted by Gasteiger charge is 2.36. The molecule has 1 aromatic carbocycles. The first-order valence-corrected chi connectivity index (χ1v) is 7.00. The van der Waals surface area contributed by atoms with Gasteiger partial charge in [0.05, 0.1) is 12.1 Å². The minimum Gasteiger partial charge on any atom is -0.292 e. The lowest BCUT2D eigenvalue weighted by atomic mass is 10.0. The Morgan fingerprint density at radius 2 is 2.11 bits per heavy atom. The first-order valence-electron chi connectivity index (χ1n) is 7.00. The molecule has 1 fully saturated rings. The number of benzene rings is 1. The molecule has 1 aliphatic carbocycles. The van der Waals surface area contributed by atoms with Crippen molar-refractivity contribution in [1.29, 1.82) is 5.26 Å². The summed E-state index contributed by atoms with van der Waals surface area (Å²) in [5, 5.41) is 8.77. The summed E-state index contributed by atoms with van der Waals surface area (Å²) < 4.78 is 0. The lowest BCUT2D eigenvalue weighted by Gasteiger charge is -2.29. The van der Waals surface area contributed by atoms with Crippen LogP contribution in [0.15, 0.2) is 30.3 Å². The molecule has 1 aromatic rings. The minimum absolute atomic E-state index is 0.0803. The number of carbonyl (C=O) groups excluding carboxylic acids is 1. The number of nitrogens with zero attached hydrogens (tertiary/aromatic N) is 2. The number of hydrogen-bond acceptors (Lipinski definition) is 3. The molecule has 1 atom stereocenters. The smallest absolute Gasteiger partial charge is 0.179 e. The van der Waals surface area contributed by atoms with E-state index in [0.29, 0.717) is 19.0 Å². The second-order valence-electron chi connectivity index (χ2n) is 5.03. The third-order valence-corrected chi connectivity index (χ3v) is 3.65. The maximum Gasteiger partial charge on any atom is 0.179 e. The van der Waals surface area contributed by atoms with Gasteiger partial charge >= 0.3 is 0 Å². The monoisotopic (exact) mass is 256 g/mol. The Morgan fingerprint density at radius 3 is 2.63 bits per heavy atom. The molecule has 0 amide bonds. The third kappa shape index (κ3) is 3.42. The highest BCUT2D eigenvalue weighted by atomic mass is 16.1. The molecule has 0 radical (unpaired) electrons. The van der Waals surface area contributed by atoms with Crippen LogP contribution in [-0.4, -0.2) is 29.3 Å². The van der Waals surface area contributed by atoms with Crippen molar-refractivity contribution in [2.75, 3.05) is 6.54 Å². The molecule has 1 aliphatic rings. The Kier molecular flexibility index (Phi) is 4.70. The summed E-state index contributed by atoms with van der Waals surface area (Å²) >= 11 is 0. The average molecular weight is 256 g/mol. The van der Waals surface area contributed by atoms with E-state index >= 15 is 0 Å². The first kappa shape index (κ1) is 13.8. The molecule has 2 rings (SSSR count). The normalized spacial score (nSPS) is 16.1. The van der Waals surface area contributed by atoms with Crippen molar-refractivity contribution in [3.8, 4) is 6.07 Å². The maximum atomic E-state index is 12.6. The van der Waals surface area contributed by atoms with Gasteiger partial charge in [-0.25, -0.2) is 0 Å². The van der Waals surface area contributed by atoms with Gasteiger partial charge in [0.2, 0.25) is 0 Å². The van der Waals surface area contributed by atoms with E-state index in [0.717, 1.165) is 24.8 Å². The lowest BCUT2D eigenvalue weighted by Crippen LogP contribution is -2.42. The van der Waals surface area contributed by atoms with Crippen LogP contribution in [-0.2, 0) is 0 Å². The Hall–Kier alpha value is -1.66. The van der Waals surface area contributed by atoms with Crippen LogP contribution >= 0.6 is 0 Å². The van der Waals surface area contributed by atoms with E-state index in [9.17, 15) is 4.79 Å². The van der Waals surface area contributed by atoms with Gasteiger partial charge in [-0.3, -0.25) is 9.69 Å². The Bertz CT molecular complexity index is 459. The molecule has 0 spiro atoms. The topological polar surface area (TPSA) is 44.1 Å². The molecule has 19 heavy (non-hydrogen) atoms. The second-order valence-corrected chi connectivity index (χ2v) is 5.03. The zero-order valence-corrected chi connectivity index (χ0v) is 11.4. The van der Waals surface area contributed by atoms with E-state index in [-0.39, 0.29) is 11.8 Å². The van der Waals surface area contributed by atoms with E-state index in [1.54, 1.807) is 0 Å². The maximum absolute atomic E-state index is 12.6. The number of nitriles is 1. The molecule has 0 bridgehead atoms. The molecule has 3 heteroatoms. The van der Waals surface area contributed by atoms with Crippen LogP contribution in [0.5, 0.6) is 0 Å². The fourth-order valence-electron chi connectivity index (χ4n) is 2.54. The van der Waals surface area contributed by atoms with Gasteiger partial charge in [0.15, 0.2) is 5.78 Å². The van der Waals surface area contributed by atoms with Crippen LogP contribution < -0.4 is 0 Å². The van der Waals surface area contributed by atoms with Crippen LogP contribution in [0.4, 0.5) is 0 Å². The van der Waals surface area contributed by atoms with Crippen molar-refractivity contribution in [2.45, 2.75) is 44.7 Å². The summed E-state index contributed by atoms with van der Waals surface area (Å²) in [4.78, 5) is 14.8. The van der Waals surface area contributed by atoms with Gasteiger partial charge in [-0.1, -0.05) is 37.3 Å². The Balaban J connectivity index is 2.13. The van der Waals surface area contributed by atoms with Crippen LogP contribution in [0.2, 0.25) is 0 Å². The van der Waals surface area contributed by atoms with Gasteiger partial charge < -0.3 is 0 Å². The van der Waals surface area contributed by atoms with Crippen LogP contribution in [0, 0.1) is 11.3 Å². The van der Waals surface area contributed by atoms with Gasteiger partial charge in [-0.15, -0.1) is 0 Å². The molecule has 1 unspecified atom stereocenters. The van der Waals surface area contributed by atoms with Gasteiger partial charge in [-0.2, -0.15) is 5.26 Å². The van der Waals surface area contributed by atoms with Crippen molar-refractivity contribution in [3.63, 3.8) is 0 Å². The predicted molar refractivity (Wildman–Crippen MR) is 74.8 cm³/mol. The summed E-state index contributed by atoms with van der Waals surface area (Å²) in [6.45, 7) is 2.76. The predicted octanol–water partition coefficient (Wildman–Crippen LogP) is 3.03. The minimum atomic E-state index is -0.0803. The standard InChI is InChI=1S/C16H20N2O/c1-2-15(16(19)13-7-4-3-5-8-13)18(12-6-11-17)14-9-10-14/h3-5,7-8,14-15H,2,6,9-10,12H2,1H3. The summed E-state index contributed by atoms with van der Waals surface area (Å²) in [5.74, 6) is 0.188. The molecule has 0 saturated heterocycles. The van der Waals surface area contributed by atoms with Gasteiger partial charge in [-0.05, 0) is 19.3 Å². The molecule has 0 N–H and O–H groups in total. The second kappa shape index (κ2) is 6.49. The Morgan fingerprint density at radius 1 is 1.42 bits per heavy atom. The fourth-order valence-corrected chi connectivity index (χ4v) is 2.54. The van der Waals surface area contributed by atoms with Crippen LogP contribution in [0.3, 0.4) is 0 Å². The lowest BCUT2D eigenvalue weighted by molar-refractivity contribution is 0.0800. The van der Waals surface area contributed by atoms with E-state index in [1.165, 1.54) is 0 Å². The van der Waals surface area contributed by atoms with E-state index in [1.807, 2.05) is 37.3 Å². The molecule has 0 aromatic heterocycles. The number of hydrogen-bond donors (Lipinski definition) is 0. The first-order chi connectivity index (χ1) is 9.27. The largest absolute Gasteiger partial charge is 0.292 e. The number of rotatable bonds is 7. The summed E-state index contributed by atoms with van der Waals surface area (Å²) in [6.07, 6.45) is 3.61. The zero-order chi connectivity index (χ0) is 13.7. The molecular weight excluding hydrogens is 236 g/mol. The summed E-state index contributed by atoms with van der Waals surface area (Å²) in [5.41, 5.74) is 0.775. The van der Waals surface area contributed by atoms with Crippen molar-refractivity contribution in [1.82, 2.24) is 4.90 Å². The highest BCUT2D eigenvalue weighted by molar-refractivity contribution is 6.00. The molecule has 100 valence electrons. The third-order valence-electron chi connectivity index (χ3n) is 3.65. The highest BCUT2D eigenvalue weighted by Crippen LogP contribution is 2.30. The van der Waals surface area contributed by atoms with E-state index < -0.39 is 0 Å². The van der Waals surface area contributed by atoms with Gasteiger partial charge in [0, 0.05) is 24.6 Å². The van der Waals surface area contributed by atoms with E-state index in [2.05, 4.69) is 11.0 Å².